The van der Waals surface area contributed by atoms with E-state index in [9.17, 15) is 14.3 Å². The summed E-state index contributed by atoms with van der Waals surface area (Å²) in [4.78, 5) is 12.0. The first kappa shape index (κ1) is 13.6. The molecular formula is C17H16FNO2. The number of benzene rings is 2. The van der Waals surface area contributed by atoms with Gasteiger partial charge in [-0.15, -0.1) is 0 Å². The zero-order valence-corrected chi connectivity index (χ0v) is 11.5. The largest absolute Gasteiger partial charge is 0.479 e. The Labute approximate surface area is 122 Å². The molecule has 1 aliphatic rings. The molecule has 108 valence electrons. The summed E-state index contributed by atoms with van der Waals surface area (Å²) in [6, 6.07) is 13.7. The summed E-state index contributed by atoms with van der Waals surface area (Å²) in [5.41, 5.74) is 0.690. The second-order valence-electron chi connectivity index (χ2n) is 5.33. The maximum Gasteiger partial charge on any atom is 0.334 e. The Kier molecular flexibility index (Phi) is 3.37. The number of carbonyl (C=O) groups is 1. The molecule has 0 bridgehead atoms. The van der Waals surface area contributed by atoms with Crippen molar-refractivity contribution in [2.24, 2.45) is 0 Å². The molecule has 1 atom stereocenters. The van der Waals surface area contributed by atoms with Gasteiger partial charge in [-0.1, -0.05) is 36.4 Å². The maximum absolute atomic E-state index is 13.9. The van der Waals surface area contributed by atoms with Gasteiger partial charge >= 0.3 is 5.97 Å². The molecule has 2 N–H and O–H groups in total. The molecule has 0 radical (unpaired) electrons. The van der Waals surface area contributed by atoms with Crippen molar-refractivity contribution in [2.45, 2.75) is 24.8 Å². The van der Waals surface area contributed by atoms with E-state index in [1.165, 1.54) is 6.07 Å². The molecule has 0 spiro atoms. The van der Waals surface area contributed by atoms with Gasteiger partial charge in [0.1, 0.15) is 5.82 Å². The second kappa shape index (κ2) is 5.20. The fourth-order valence-corrected chi connectivity index (χ4v) is 3.03. The topological polar surface area (TPSA) is 49.3 Å². The molecule has 21 heavy (non-hydrogen) atoms. The number of hydrogen-bond donors (Lipinski definition) is 2. The monoisotopic (exact) mass is 285 g/mol. The van der Waals surface area contributed by atoms with Crippen molar-refractivity contribution in [3.63, 3.8) is 0 Å². The van der Waals surface area contributed by atoms with Crippen LogP contribution in [-0.4, -0.2) is 11.1 Å². The van der Waals surface area contributed by atoms with Gasteiger partial charge in [0.25, 0.3) is 0 Å². The van der Waals surface area contributed by atoms with Gasteiger partial charge in [0.05, 0.1) is 5.69 Å². The zero-order valence-electron chi connectivity index (χ0n) is 11.5. The highest BCUT2D eigenvalue weighted by Crippen LogP contribution is 2.38. The van der Waals surface area contributed by atoms with E-state index >= 15 is 0 Å². The van der Waals surface area contributed by atoms with Crippen LogP contribution in [0.1, 0.15) is 24.0 Å². The van der Waals surface area contributed by atoms with E-state index in [-0.39, 0.29) is 5.69 Å². The van der Waals surface area contributed by atoms with Crippen molar-refractivity contribution >= 4 is 11.7 Å². The number of fused-ring (bicyclic) bond motifs is 1. The van der Waals surface area contributed by atoms with Gasteiger partial charge in [0.2, 0.25) is 0 Å². The molecule has 2 aromatic rings. The van der Waals surface area contributed by atoms with Crippen molar-refractivity contribution in [3.8, 4) is 0 Å². The Morgan fingerprint density at radius 2 is 1.86 bits per heavy atom. The molecule has 0 saturated carbocycles. The van der Waals surface area contributed by atoms with E-state index < -0.39 is 17.3 Å². The first-order chi connectivity index (χ1) is 10.1. The molecule has 3 nitrogen and oxygen atoms in total. The van der Waals surface area contributed by atoms with Crippen LogP contribution in [0.2, 0.25) is 0 Å². The predicted molar refractivity (Wildman–Crippen MR) is 78.7 cm³/mol. The maximum atomic E-state index is 13.9. The van der Waals surface area contributed by atoms with Crippen LogP contribution in [0.15, 0.2) is 48.5 Å². The summed E-state index contributed by atoms with van der Waals surface area (Å²) in [5.74, 6) is -1.42. The highest BCUT2D eigenvalue weighted by atomic mass is 19.1. The van der Waals surface area contributed by atoms with E-state index in [4.69, 9.17) is 0 Å². The third-order valence-corrected chi connectivity index (χ3v) is 4.06. The molecule has 0 amide bonds. The third-order valence-electron chi connectivity index (χ3n) is 4.06. The number of rotatable bonds is 3. The standard InChI is InChI=1S/C17H16FNO2/c18-14-9-3-4-10-15(14)19-17(16(20)21)11-5-7-12-6-1-2-8-13(12)17/h1-4,6,8-10,19H,5,7,11H2,(H,20,21). The van der Waals surface area contributed by atoms with E-state index in [1.54, 1.807) is 18.2 Å². The Morgan fingerprint density at radius 1 is 1.14 bits per heavy atom. The average Bonchev–Trinajstić information content (AvgIpc) is 2.49. The van der Waals surface area contributed by atoms with Crippen LogP contribution >= 0.6 is 0 Å². The van der Waals surface area contributed by atoms with Crippen molar-refractivity contribution in [1.82, 2.24) is 0 Å². The lowest BCUT2D eigenvalue weighted by atomic mass is 9.76. The van der Waals surface area contributed by atoms with Gasteiger partial charge in [-0.3, -0.25) is 0 Å². The van der Waals surface area contributed by atoms with Gasteiger partial charge in [0.15, 0.2) is 5.54 Å². The van der Waals surface area contributed by atoms with Crippen molar-refractivity contribution < 1.29 is 14.3 Å². The van der Waals surface area contributed by atoms with Crippen LogP contribution in [0.4, 0.5) is 10.1 Å². The number of para-hydroxylation sites is 1. The fraction of sp³-hybridized carbons (Fsp3) is 0.235. The van der Waals surface area contributed by atoms with Crippen LogP contribution < -0.4 is 5.32 Å². The average molecular weight is 285 g/mol. The highest BCUT2D eigenvalue weighted by Gasteiger charge is 2.43. The number of hydrogen-bond acceptors (Lipinski definition) is 2. The SMILES string of the molecule is O=C(O)C1(Nc2ccccc2F)CCCc2ccccc21. The molecule has 3 rings (SSSR count). The van der Waals surface area contributed by atoms with Gasteiger partial charge in [-0.25, -0.2) is 9.18 Å². The summed E-state index contributed by atoms with van der Waals surface area (Å²) in [6.45, 7) is 0. The summed E-state index contributed by atoms with van der Waals surface area (Å²) < 4.78 is 13.9. The molecule has 1 unspecified atom stereocenters. The normalized spacial score (nSPS) is 20.6. The molecular weight excluding hydrogens is 269 g/mol. The lowest BCUT2D eigenvalue weighted by Gasteiger charge is -2.37. The first-order valence-corrected chi connectivity index (χ1v) is 6.98. The molecule has 0 fully saturated rings. The molecule has 1 aliphatic carbocycles. The third kappa shape index (κ3) is 2.27. The van der Waals surface area contributed by atoms with Gasteiger partial charge in [0, 0.05) is 0 Å². The number of anilines is 1. The summed E-state index contributed by atoms with van der Waals surface area (Å²) in [7, 11) is 0. The number of nitrogens with one attached hydrogen (secondary N) is 1. The lowest BCUT2D eigenvalue weighted by Crippen LogP contribution is -2.46. The molecule has 0 heterocycles. The highest BCUT2D eigenvalue weighted by molar-refractivity contribution is 5.85. The quantitative estimate of drug-likeness (QED) is 0.906. The molecule has 4 heteroatoms. The summed E-state index contributed by atoms with van der Waals surface area (Å²) >= 11 is 0. The number of halogens is 1. The van der Waals surface area contributed by atoms with Crippen molar-refractivity contribution in [2.75, 3.05) is 5.32 Å². The Bertz CT molecular complexity index is 686. The number of carboxylic acids is 1. The number of aliphatic carboxylic acids is 1. The molecule has 0 aromatic heterocycles. The Balaban J connectivity index is 2.11. The van der Waals surface area contributed by atoms with Crippen LogP contribution in [0.25, 0.3) is 0 Å². The predicted octanol–water partition coefficient (Wildman–Crippen LogP) is 3.55. The second-order valence-corrected chi connectivity index (χ2v) is 5.33. The molecule has 0 saturated heterocycles. The summed E-state index contributed by atoms with van der Waals surface area (Å²) in [5, 5.41) is 12.7. The minimum absolute atomic E-state index is 0.219. The minimum atomic E-state index is -1.27. The van der Waals surface area contributed by atoms with Crippen LogP contribution in [0, 0.1) is 5.82 Å². The molecule has 0 aliphatic heterocycles. The van der Waals surface area contributed by atoms with Crippen LogP contribution in [-0.2, 0) is 16.8 Å². The minimum Gasteiger partial charge on any atom is -0.479 e. The Hall–Kier alpha value is -2.36. The lowest BCUT2D eigenvalue weighted by molar-refractivity contribution is -0.143. The number of carboxylic acid groups (broad SMARTS) is 1. The van der Waals surface area contributed by atoms with Gasteiger partial charge in [-0.2, -0.15) is 0 Å². The fourth-order valence-electron chi connectivity index (χ4n) is 3.03. The van der Waals surface area contributed by atoms with Gasteiger partial charge in [-0.05, 0) is 42.5 Å². The summed E-state index contributed by atoms with van der Waals surface area (Å²) in [6.07, 6.45) is 2.04. The van der Waals surface area contributed by atoms with E-state index in [0.29, 0.717) is 6.42 Å². The smallest absolute Gasteiger partial charge is 0.334 e. The van der Waals surface area contributed by atoms with E-state index in [2.05, 4.69) is 5.32 Å². The number of aryl methyl sites for hydroxylation is 1. The molecule has 2 aromatic carbocycles. The van der Waals surface area contributed by atoms with E-state index in [1.807, 2.05) is 24.3 Å². The zero-order chi connectivity index (χ0) is 14.9. The van der Waals surface area contributed by atoms with Crippen LogP contribution in [0.5, 0.6) is 0 Å². The van der Waals surface area contributed by atoms with Crippen LogP contribution in [0.3, 0.4) is 0 Å². The van der Waals surface area contributed by atoms with Crippen molar-refractivity contribution in [1.29, 1.82) is 0 Å². The first-order valence-electron chi connectivity index (χ1n) is 6.98. The van der Waals surface area contributed by atoms with E-state index in [0.717, 1.165) is 24.0 Å². The Morgan fingerprint density at radius 3 is 2.62 bits per heavy atom. The van der Waals surface area contributed by atoms with Crippen molar-refractivity contribution in [3.05, 3.63) is 65.5 Å². The van der Waals surface area contributed by atoms with Gasteiger partial charge < -0.3 is 10.4 Å².